The van der Waals surface area contributed by atoms with Crippen LogP contribution in [0.1, 0.15) is 19.8 Å². The fraction of sp³-hybridized carbons (Fsp3) is 0.700. The molecule has 0 saturated carbocycles. The van der Waals surface area contributed by atoms with Crippen LogP contribution < -0.4 is 0 Å². The summed E-state index contributed by atoms with van der Waals surface area (Å²) in [4.78, 5) is 11.1. The minimum Gasteiger partial charge on any atom is -0.505 e. The number of aliphatic hydroxyl groups excluding tert-OH is 1. The van der Waals surface area contributed by atoms with E-state index in [9.17, 15) is 4.79 Å². The molecule has 1 N–H and O–H groups in total. The molecule has 0 heterocycles. The van der Waals surface area contributed by atoms with Gasteiger partial charge in [-0.15, -0.1) is 0 Å². The molecule has 3 heteroatoms. The predicted molar refractivity (Wildman–Crippen MR) is 53.5 cm³/mol. The van der Waals surface area contributed by atoms with Crippen molar-refractivity contribution in [2.75, 3.05) is 27.7 Å². The number of quaternary nitrogens is 1. The van der Waals surface area contributed by atoms with E-state index in [0.29, 0.717) is 6.42 Å². The molecular formula is C10H20NO2+. The maximum absolute atomic E-state index is 11.1. The van der Waals surface area contributed by atoms with Crippen molar-refractivity contribution in [1.29, 1.82) is 0 Å². The van der Waals surface area contributed by atoms with Crippen molar-refractivity contribution >= 4 is 5.78 Å². The summed E-state index contributed by atoms with van der Waals surface area (Å²) < 4.78 is 0.851. The van der Waals surface area contributed by atoms with E-state index in [1.165, 1.54) is 6.08 Å². The van der Waals surface area contributed by atoms with E-state index in [0.717, 1.165) is 17.4 Å². The van der Waals surface area contributed by atoms with Crippen molar-refractivity contribution < 1.29 is 14.4 Å². The van der Waals surface area contributed by atoms with Crippen LogP contribution in [-0.4, -0.2) is 43.1 Å². The lowest BCUT2D eigenvalue weighted by Gasteiger charge is -2.23. The number of ketones is 1. The summed E-state index contributed by atoms with van der Waals surface area (Å²) in [5.74, 6) is -0.266. The molecule has 0 aliphatic carbocycles. The van der Waals surface area contributed by atoms with Crippen molar-refractivity contribution in [3.05, 3.63) is 11.8 Å². The fourth-order valence-electron chi connectivity index (χ4n) is 1.00. The van der Waals surface area contributed by atoms with Gasteiger partial charge in [0.05, 0.1) is 27.7 Å². The van der Waals surface area contributed by atoms with Gasteiger partial charge in [0.1, 0.15) is 0 Å². The predicted octanol–water partition coefficient (Wildman–Crippen LogP) is 1.50. The zero-order valence-electron chi connectivity index (χ0n) is 9.00. The van der Waals surface area contributed by atoms with Crippen LogP contribution in [-0.2, 0) is 4.79 Å². The van der Waals surface area contributed by atoms with Crippen LogP contribution in [0.25, 0.3) is 0 Å². The zero-order chi connectivity index (χ0) is 10.5. The number of aliphatic hydroxyl groups is 1. The fourth-order valence-corrected chi connectivity index (χ4v) is 1.00. The first-order chi connectivity index (χ1) is 5.87. The molecule has 0 aliphatic heterocycles. The van der Waals surface area contributed by atoms with Crippen molar-refractivity contribution in [2.45, 2.75) is 19.8 Å². The molecule has 3 nitrogen and oxygen atoms in total. The molecule has 0 spiro atoms. The Labute approximate surface area is 80.3 Å². The molecular weight excluding hydrogens is 166 g/mol. The van der Waals surface area contributed by atoms with Gasteiger partial charge in [0.15, 0.2) is 11.5 Å². The number of rotatable bonds is 5. The van der Waals surface area contributed by atoms with Crippen molar-refractivity contribution in [3.63, 3.8) is 0 Å². The van der Waals surface area contributed by atoms with E-state index in [-0.39, 0.29) is 11.5 Å². The average Bonchev–Trinajstić information content (AvgIpc) is 2.00. The van der Waals surface area contributed by atoms with Gasteiger partial charge in [-0.1, -0.05) is 0 Å². The Balaban J connectivity index is 3.73. The quantitative estimate of drug-likeness (QED) is 0.401. The summed E-state index contributed by atoms with van der Waals surface area (Å²) in [7, 11) is 6.25. The molecule has 0 fully saturated rings. The third kappa shape index (κ3) is 6.34. The standard InChI is InChI=1S/C10H19NO2/c1-5-9(12)10(13)7-6-8-11(2,3)4/h5H,6-8H2,1-4H3/p+1. The van der Waals surface area contributed by atoms with Crippen LogP contribution in [0.2, 0.25) is 0 Å². The molecule has 0 aliphatic rings. The van der Waals surface area contributed by atoms with Crippen LogP contribution in [0.4, 0.5) is 0 Å². The van der Waals surface area contributed by atoms with Gasteiger partial charge in [0, 0.05) is 12.8 Å². The summed E-state index contributed by atoms with van der Waals surface area (Å²) in [6, 6.07) is 0. The van der Waals surface area contributed by atoms with E-state index in [4.69, 9.17) is 5.11 Å². The molecule has 0 saturated heterocycles. The molecule has 0 atom stereocenters. The molecule has 0 aromatic heterocycles. The van der Waals surface area contributed by atoms with E-state index < -0.39 is 0 Å². The van der Waals surface area contributed by atoms with Gasteiger partial charge in [-0.05, 0) is 13.0 Å². The first kappa shape index (κ1) is 12.2. The summed E-state index contributed by atoms with van der Waals surface area (Å²) in [6.07, 6.45) is 2.69. The lowest BCUT2D eigenvalue weighted by Crippen LogP contribution is -2.35. The number of nitrogens with zero attached hydrogens (tertiary/aromatic N) is 1. The third-order valence-corrected chi connectivity index (χ3v) is 1.79. The maximum Gasteiger partial charge on any atom is 0.196 e. The second-order valence-electron chi connectivity index (χ2n) is 4.21. The maximum atomic E-state index is 11.1. The SMILES string of the molecule is CC=C(O)C(=O)CCC[N+](C)(C)C. The highest BCUT2D eigenvalue weighted by molar-refractivity contribution is 5.92. The van der Waals surface area contributed by atoms with Crippen molar-refractivity contribution in [3.8, 4) is 0 Å². The lowest BCUT2D eigenvalue weighted by atomic mass is 10.2. The van der Waals surface area contributed by atoms with Crippen LogP contribution in [0, 0.1) is 0 Å². The van der Waals surface area contributed by atoms with Gasteiger partial charge >= 0.3 is 0 Å². The summed E-state index contributed by atoms with van der Waals surface area (Å²) in [5.41, 5.74) is 0. The number of carbonyl (C=O) groups excluding carboxylic acids is 1. The second kappa shape index (κ2) is 5.02. The van der Waals surface area contributed by atoms with Gasteiger partial charge in [-0.25, -0.2) is 0 Å². The monoisotopic (exact) mass is 186 g/mol. The second-order valence-corrected chi connectivity index (χ2v) is 4.21. The van der Waals surface area contributed by atoms with Gasteiger partial charge in [0.2, 0.25) is 0 Å². The van der Waals surface area contributed by atoms with E-state index in [1.54, 1.807) is 6.92 Å². The normalized spacial score (nSPS) is 13.1. The van der Waals surface area contributed by atoms with Crippen LogP contribution in [0.3, 0.4) is 0 Å². The molecule has 76 valence electrons. The molecule has 0 radical (unpaired) electrons. The van der Waals surface area contributed by atoms with Crippen molar-refractivity contribution in [2.24, 2.45) is 0 Å². The third-order valence-electron chi connectivity index (χ3n) is 1.79. The lowest BCUT2D eigenvalue weighted by molar-refractivity contribution is -0.870. The Morgan fingerprint density at radius 1 is 1.38 bits per heavy atom. The minimum absolute atomic E-state index is 0.110. The Morgan fingerprint density at radius 2 is 1.92 bits per heavy atom. The van der Waals surface area contributed by atoms with E-state index in [1.807, 2.05) is 0 Å². The average molecular weight is 186 g/mol. The molecule has 0 aromatic carbocycles. The number of hydrogen-bond acceptors (Lipinski definition) is 2. The minimum atomic E-state index is -0.157. The molecule has 0 rings (SSSR count). The van der Waals surface area contributed by atoms with Gasteiger partial charge in [-0.2, -0.15) is 0 Å². The van der Waals surface area contributed by atoms with Crippen LogP contribution >= 0.6 is 0 Å². The molecule has 0 amide bonds. The highest BCUT2D eigenvalue weighted by Crippen LogP contribution is 2.02. The largest absolute Gasteiger partial charge is 0.505 e. The highest BCUT2D eigenvalue weighted by Gasteiger charge is 2.10. The summed E-state index contributed by atoms with van der Waals surface area (Å²) >= 11 is 0. The molecule has 13 heavy (non-hydrogen) atoms. The Bertz CT molecular complexity index is 201. The summed E-state index contributed by atoms with van der Waals surface area (Å²) in [6.45, 7) is 2.61. The van der Waals surface area contributed by atoms with E-state index >= 15 is 0 Å². The highest BCUT2D eigenvalue weighted by atomic mass is 16.3. The van der Waals surface area contributed by atoms with Crippen LogP contribution in [0.15, 0.2) is 11.8 Å². The molecule has 0 aromatic rings. The first-order valence-electron chi connectivity index (χ1n) is 4.56. The molecule has 0 unspecified atom stereocenters. The first-order valence-corrected chi connectivity index (χ1v) is 4.56. The number of allylic oxidation sites excluding steroid dienone is 2. The summed E-state index contributed by atoms with van der Waals surface area (Å²) in [5, 5.41) is 9.06. The van der Waals surface area contributed by atoms with E-state index in [2.05, 4.69) is 21.1 Å². The topological polar surface area (TPSA) is 37.3 Å². The number of carbonyl (C=O) groups is 1. The smallest absolute Gasteiger partial charge is 0.196 e. The van der Waals surface area contributed by atoms with Gasteiger partial charge in [-0.3, -0.25) is 4.79 Å². The van der Waals surface area contributed by atoms with Gasteiger partial charge in [0.25, 0.3) is 0 Å². The Morgan fingerprint density at radius 3 is 2.31 bits per heavy atom. The number of hydrogen-bond donors (Lipinski definition) is 1. The van der Waals surface area contributed by atoms with Crippen molar-refractivity contribution in [1.82, 2.24) is 0 Å². The molecule has 0 bridgehead atoms. The van der Waals surface area contributed by atoms with Gasteiger partial charge < -0.3 is 9.59 Å². The zero-order valence-corrected chi connectivity index (χ0v) is 9.00. The Hall–Kier alpha value is -0.830. The Kier molecular flexibility index (Phi) is 4.70. The van der Waals surface area contributed by atoms with Crippen LogP contribution in [0.5, 0.6) is 0 Å². The number of Topliss-reactive ketones (excluding diaryl/α,β-unsaturated/α-hetero) is 1.